The molecule has 1 heterocycles. The number of nitrogens with zero attached hydrogens (tertiary/aromatic N) is 1. The Bertz CT molecular complexity index is 834. The van der Waals surface area contributed by atoms with E-state index in [9.17, 15) is 9.59 Å². The second kappa shape index (κ2) is 7.20. The minimum absolute atomic E-state index is 0.0447. The van der Waals surface area contributed by atoms with Crippen LogP contribution in [0.4, 0.5) is 16.2 Å². The van der Waals surface area contributed by atoms with E-state index in [1.54, 1.807) is 4.90 Å². The molecule has 5 heteroatoms. The van der Waals surface area contributed by atoms with Crippen molar-refractivity contribution in [3.05, 3.63) is 59.7 Å². The summed E-state index contributed by atoms with van der Waals surface area (Å²) in [5, 5.41) is 6.00. The maximum Gasteiger partial charge on any atom is 0.319 e. The first-order chi connectivity index (χ1) is 12.7. The van der Waals surface area contributed by atoms with E-state index in [-0.39, 0.29) is 18.0 Å². The number of amides is 3. The number of hydrogen-bond acceptors (Lipinski definition) is 2. The molecule has 26 heavy (non-hydrogen) atoms. The molecule has 5 nitrogen and oxygen atoms in total. The summed E-state index contributed by atoms with van der Waals surface area (Å²) in [4.78, 5) is 26.2. The lowest BCUT2D eigenvalue weighted by atomic mass is 9.88. The van der Waals surface area contributed by atoms with Crippen LogP contribution in [0.15, 0.2) is 48.5 Å². The van der Waals surface area contributed by atoms with Crippen LogP contribution in [0.2, 0.25) is 0 Å². The third-order valence-electron chi connectivity index (χ3n) is 5.16. The fraction of sp³-hybridized carbons (Fsp3) is 0.333. The van der Waals surface area contributed by atoms with Crippen LogP contribution in [-0.4, -0.2) is 18.5 Å². The summed E-state index contributed by atoms with van der Waals surface area (Å²) < 4.78 is 0. The number of benzene rings is 2. The molecule has 0 spiro atoms. The van der Waals surface area contributed by atoms with Crippen LogP contribution in [0.3, 0.4) is 0 Å². The van der Waals surface area contributed by atoms with Gasteiger partial charge in [-0.3, -0.25) is 4.79 Å². The highest BCUT2D eigenvalue weighted by Gasteiger charge is 2.23. The van der Waals surface area contributed by atoms with Gasteiger partial charge in [-0.15, -0.1) is 0 Å². The molecule has 134 valence electrons. The van der Waals surface area contributed by atoms with E-state index in [1.165, 1.54) is 11.1 Å². The fourth-order valence-electron chi connectivity index (χ4n) is 3.90. The predicted molar refractivity (Wildman–Crippen MR) is 102 cm³/mol. The molecule has 2 aromatic carbocycles. The average molecular weight is 349 g/mol. The van der Waals surface area contributed by atoms with E-state index in [2.05, 4.69) is 22.8 Å². The number of urea groups is 1. The van der Waals surface area contributed by atoms with Gasteiger partial charge in [0.05, 0.1) is 6.04 Å². The molecule has 1 aliphatic heterocycles. The van der Waals surface area contributed by atoms with Crippen molar-refractivity contribution in [3.8, 4) is 0 Å². The molecule has 2 aromatic rings. The van der Waals surface area contributed by atoms with E-state index < -0.39 is 0 Å². The van der Waals surface area contributed by atoms with E-state index in [1.807, 2.05) is 36.4 Å². The van der Waals surface area contributed by atoms with E-state index in [0.717, 1.165) is 37.9 Å². The SMILES string of the molecule is O=C(Nc1cccc(N2CCCC2=O)c1)NC1CCCc2ccccc21. The summed E-state index contributed by atoms with van der Waals surface area (Å²) in [6.45, 7) is 0.743. The van der Waals surface area contributed by atoms with E-state index in [0.29, 0.717) is 12.1 Å². The van der Waals surface area contributed by atoms with Crippen molar-refractivity contribution in [1.29, 1.82) is 0 Å². The molecule has 2 aliphatic rings. The molecular weight excluding hydrogens is 326 g/mol. The molecule has 0 aromatic heterocycles. The third-order valence-corrected chi connectivity index (χ3v) is 5.16. The Kier molecular flexibility index (Phi) is 4.61. The highest BCUT2D eigenvalue weighted by atomic mass is 16.2. The Hall–Kier alpha value is -2.82. The van der Waals surface area contributed by atoms with Gasteiger partial charge >= 0.3 is 6.03 Å². The molecule has 1 fully saturated rings. The first kappa shape index (κ1) is 16.6. The van der Waals surface area contributed by atoms with Crippen molar-refractivity contribution in [3.63, 3.8) is 0 Å². The number of nitrogens with one attached hydrogen (secondary N) is 2. The molecule has 1 atom stereocenters. The zero-order valence-corrected chi connectivity index (χ0v) is 14.7. The molecule has 1 unspecified atom stereocenters. The highest BCUT2D eigenvalue weighted by molar-refractivity contribution is 5.96. The Labute approximate surface area is 153 Å². The van der Waals surface area contributed by atoms with Crippen LogP contribution in [0.1, 0.15) is 42.9 Å². The lowest BCUT2D eigenvalue weighted by Crippen LogP contribution is -2.34. The number of rotatable bonds is 3. The molecule has 0 radical (unpaired) electrons. The number of hydrogen-bond donors (Lipinski definition) is 2. The molecule has 1 aliphatic carbocycles. The van der Waals surface area contributed by atoms with Gasteiger partial charge in [-0.05, 0) is 55.0 Å². The number of fused-ring (bicyclic) bond motifs is 1. The summed E-state index contributed by atoms with van der Waals surface area (Å²) in [7, 11) is 0. The quantitative estimate of drug-likeness (QED) is 0.879. The second-order valence-electron chi connectivity index (χ2n) is 6.94. The molecule has 0 saturated carbocycles. The van der Waals surface area contributed by atoms with Gasteiger partial charge in [-0.1, -0.05) is 30.3 Å². The number of carbonyl (C=O) groups excluding carboxylic acids is 2. The van der Waals surface area contributed by atoms with Gasteiger partial charge in [0.2, 0.25) is 5.91 Å². The molecule has 0 bridgehead atoms. The second-order valence-corrected chi connectivity index (χ2v) is 6.94. The van der Waals surface area contributed by atoms with Gasteiger partial charge in [0.25, 0.3) is 0 Å². The zero-order chi connectivity index (χ0) is 17.9. The number of anilines is 2. The van der Waals surface area contributed by atoms with Crippen molar-refractivity contribution in [2.45, 2.75) is 38.1 Å². The van der Waals surface area contributed by atoms with Crippen molar-refractivity contribution >= 4 is 23.3 Å². The summed E-state index contributed by atoms with van der Waals surface area (Å²) in [5.41, 5.74) is 4.07. The first-order valence-corrected chi connectivity index (χ1v) is 9.26. The number of carbonyl (C=O) groups is 2. The Morgan fingerprint density at radius 1 is 1.04 bits per heavy atom. The van der Waals surface area contributed by atoms with Crippen LogP contribution < -0.4 is 15.5 Å². The Morgan fingerprint density at radius 2 is 1.92 bits per heavy atom. The van der Waals surface area contributed by atoms with Gasteiger partial charge in [-0.25, -0.2) is 4.79 Å². The van der Waals surface area contributed by atoms with Crippen molar-refractivity contribution < 1.29 is 9.59 Å². The summed E-state index contributed by atoms with van der Waals surface area (Å²) >= 11 is 0. The molecule has 1 saturated heterocycles. The third kappa shape index (κ3) is 3.43. The van der Waals surface area contributed by atoms with E-state index in [4.69, 9.17) is 0 Å². The molecule has 4 rings (SSSR count). The highest BCUT2D eigenvalue weighted by Crippen LogP contribution is 2.29. The lowest BCUT2D eigenvalue weighted by Gasteiger charge is -2.26. The van der Waals surface area contributed by atoms with Crippen LogP contribution >= 0.6 is 0 Å². The Morgan fingerprint density at radius 3 is 2.77 bits per heavy atom. The van der Waals surface area contributed by atoms with Crippen LogP contribution in [0.25, 0.3) is 0 Å². The van der Waals surface area contributed by atoms with Gasteiger partial charge in [-0.2, -0.15) is 0 Å². The van der Waals surface area contributed by atoms with Crippen molar-refractivity contribution in [1.82, 2.24) is 5.32 Å². The summed E-state index contributed by atoms with van der Waals surface area (Å²) in [6, 6.07) is 15.6. The standard InChI is InChI=1S/C21H23N3O2/c25-20-12-5-13-24(20)17-9-4-8-16(14-17)22-21(26)23-19-11-3-7-15-6-1-2-10-18(15)19/h1-2,4,6,8-10,14,19H,3,5,7,11-13H2,(H2,22,23,26). The van der Waals surface area contributed by atoms with Crippen LogP contribution in [-0.2, 0) is 11.2 Å². The Balaban J connectivity index is 1.44. The summed E-state index contributed by atoms with van der Waals surface area (Å²) in [6.07, 6.45) is 4.58. The molecule has 3 amide bonds. The normalized spacial score (nSPS) is 19.2. The molecule has 2 N–H and O–H groups in total. The smallest absolute Gasteiger partial charge is 0.319 e. The number of aryl methyl sites for hydroxylation is 1. The topological polar surface area (TPSA) is 61.4 Å². The van der Waals surface area contributed by atoms with Gasteiger partial charge in [0.1, 0.15) is 0 Å². The monoisotopic (exact) mass is 349 g/mol. The minimum atomic E-state index is -0.211. The predicted octanol–water partition coefficient (Wildman–Crippen LogP) is 4.01. The van der Waals surface area contributed by atoms with Gasteiger partial charge in [0.15, 0.2) is 0 Å². The van der Waals surface area contributed by atoms with Crippen LogP contribution in [0, 0.1) is 0 Å². The first-order valence-electron chi connectivity index (χ1n) is 9.26. The maximum atomic E-state index is 12.5. The largest absolute Gasteiger partial charge is 0.331 e. The average Bonchev–Trinajstić information content (AvgIpc) is 3.08. The van der Waals surface area contributed by atoms with Gasteiger partial charge in [0, 0.05) is 24.3 Å². The maximum absolute atomic E-state index is 12.5. The zero-order valence-electron chi connectivity index (χ0n) is 14.7. The minimum Gasteiger partial charge on any atom is -0.331 e. The fourth-order valence-corrected chi connectivity index (χ4v) is 3.90. The lowest BCUT2D eigenvalue weighted by molar-refractivity contribution is -0.117. The summed E-state index contributed by atoms with van der Waals surface area (Å²) in [5.74, 6) is 0.144. The van der Waals surface area contributed by atoms with Crippen molar-refractivity contribution in [2.75, 3.05) is 16.8 Å². The van der Waals surface area contributed by atoms with Gasteiger partial charge < -0.3 is 15.5 Å². The molecular formula is C21H23N3O2. The van der Waals surface area contributed by atoms with E-state index >= 15 is 0 Å². The van der Waals surface area contributed by atoms with Crippen LogP contribution in [0.5, 0.6) is 0 Å². The van der Waals surface area contributed by atoms with Crippen molar-refractivity contribution in [2.24, 2.45) is 0 Å².